The van der Waals surface area contributed by atoms with Gasteiger partial charge in [-0.2, -0.15) is 0 Å². The van der Waals surface area contributed by atoms with E-state index in [1.165, 1.54) is 19.2 Å². The molecule has 0 heterocycles. The van der Waals surface area contributed by atoms with Crippen molar-refractivity contribution in [3.8, 4) is 5.75 Å². The maximum Gasteiger partial charge on any atom is 0.236 e. The van der Waals surface area contributed by atoms with Gasteiger partial charge in [0.1, 0.15) is 24.2 Å². The molecule has 128 valence electrons. The third-order valence-corrected chi connectivity index (χ3v) is 3.45. The lowest BCUT2D eigenvalue weighted by Gasteiger charge is -2.14. The lowest BCUT2D eigenvalue weighted by atomic mass is 10.2. The number of carbonyl (C=O) groups is 1. The summed E-state index contributed by atoms with van der Waals surface area (Å²) in [6, 6.07) is 13.2. The number of methoxy groups -OCH3 is 1. The fourth-order valence-corrected chi connectivity index (χ4v) is 2.15. The summed E-state index contributed by atoms with van der Waals surface area (Å²) in [5, 5.41) is 3.04. The minimum atomic E-state index is -0.529. The number of halogens is 1. The summed E-state index contributed by atoms with van der Waals surface area (Å²) in [5.74, 6) is -0.0455. The number of benzene rings is 2. The standard InChI is InChI=1S/C18H21FN2O3/c1-23-12-17(18(20)22)21-10-13-5-7-16(8-6-13)24-11-14-3-2-4-15(19)9-14/h2-9,17,21H,10-12H2,1H3,(H2,20,22). The Balaban J connectivity index is 1.85. The Hall–Kier alpha value is -2.44. The van der Waals surface area contributed by atoms with Gasteiger partial charge >= 0.3 is 0 Å². The molecule has 0 aromatic heterocycles. The van der Waals surface area contributed by atoms with Crippen LogP contribution >= 0.6 is 0 Å². The van der Waals surface area contributed by atoms with E-state index in [1.807, 2.05) is 24.3 Å². The second kappa shape index (κ2) is 9.00. The molecule has 0 aliphatic carbocycles. The fraction of sp³-hybridized carbons (Fsp3) is 0.278. The smallest absolute Gasteiger partial charge is 0.236 e. The van der Waals surface area contributed by atoms with Gasteiger partial charge in [0.15, 0.2) is 0 Å². The molecular formula is C18H21FN2O3. The number of hydrogen-bond donors (Lipinski definition) is 2. The first-order chi connectivity index (χ1) is 11.6. The molecule has 3 N–H and O–H groups in total. The molecule has 6 heteroatoms. The molecule has 1 atom stereocenters. The molecule has 0 saturated carbocycles. The van der Waals surface area contributed by atoms with Gasteiger partial charge in [0.25, 0.3) is 0 Å². The van der Waals surface area contributed by atoms with Crippen LogP contribution in [0.5, 0.6) is 5.75 Å². The van der Waals surface area contributed by atoms with Gasteiger partial charge in [-0.25, -0.2) is 4.39 Å². The summed E-state index contributed by atoms with van der Waals surface area (Å²) in [6.45, 7) is 1.01. The Morgan fingerprint density at radius 3 is 2.58 bits per heavy atom. The van der Waals surface area contributed by atoms with Gasteiger partial charge in [-0.3, -0.25) is 10.1 Å². The lowest BCUT2D eigenvalue weighted by molar-refractivity contribution is -0.121. The minimum absolute atomic E-state index is 0.226. The number of nitrogens with one attached hydrogen (secondary N) is 1. The van der Waals surface area contributed by atoms with E-state index >= 15 is 0 Å². The van der Waals surface area contributed by atoms with Crippen LogP contribution in [0.2, 0.25) is 0 Å². The van der Waals surface area contributed by atoms with Crippen molar-refractivity contribution in [1.29, 1.82) is 0 Å². The van der Waals surface area contributed by atoms with Crippen molar-refractivity contribution in [3.63, 3.8) is 0 Å². The van der Waals surface area contributed by atoms with Crippen LogP contribution in [0.4, 0.5) is 4.39 Å². The molecule has 0 spiro atoms. The Kier molecular flexibility index (Phi) is 6.72. The molecular weight excluding hydrogens is 311 g/mol. The molecule has 2 aromatic carbocycles. The summed E-state index contributed by atoms with van der Waals surface area (Å²) >= 11 is 0. The first kappa shape index (κ1) is 17.9. The lowest BCUT2D eigenvalue weighted by Crippen LogP contribution is -2.44. The summed E-state index contributed by atoms with van der Waals surface area (Å²) in [6.07, 6.45) is 0. The number of ether oxygens (including phenoxy) is 2. The summed E-state index contributed by atoms with van der Waals surface area (Å²) in [4.78, 5) is 11.2. The number of primary amides is 1. The molecule has 2 rings (SSSR count). The molecule has 0 saturated heterocycles. The van der Waals surface area contributed by atoms with Crippen molar-refractivity contribution in [2.75, 3.05) is 13.7 Å². The monoisotopic (exact) mass is 332 g/mol. The molecule has 0 radical (unpaired) electrons. The second-order valence-electron chi connectivity index (χ2n) is 5.35. The Labute approximate surface area is 140 Å². The van der Waals surface area contributed by atoms with Crippen LogP contribution in [0, 0.1) is 5.82 Å². The number of hydrogen-bond acceptors (Lipinski definition) is 4. The molecule has 1 amide bonds. The molecule has 0 aliphatic rings. The molecule has 0 bridgehead atoms. The highest BCUT2D eigenvalue weighted by Gasteiger charge is 2.13. The number of nitrogens with two attached hydrogens (primary N) is 1. The zero-order valence-corrected chi connectivity index (χ0v) is 13.5. The first-order valence-corrected chi connectivity index (χ1v) is 7.56. The van der Waals surface area contributed by atoms with E-state index in [-0.39, 0.29) is 12.4 Å². The van der Waals surface area contributed by atoms with Crippen LogP contribution in [0.25, 0.3) is 0 Å². The van der Waals surface area contributed by atoms with Crippen LogP contribution < -0.4 is 15.8 Å². The largest absolute Gasteiger partial charge is 0.489 e. The highest BCUT2D eigenvalue weighted by atomic mass is 19.1. The van der Waals surface area contributed by atoms with E-state index in [4.69, 9.17) is 15.2 Å². The van der Waals surface area contributed by atoms with Gasteiger partial charge in [0.05, 0.1) is 6.61 Å². The van der Waals surface area contributed by atoms with E-state index in [2.05, 4.69) is 5.32 Å². The highest BCUT2D eigenvalue weighted by Crippen LogP contribution is 2.15. The first-order valence-electron chi connectivity index (χ1n) is 7.56. The van der Waals surface area contributed by atoms with Crippen LogP contribution in [-0.2, 0) is 22.7 Å². The zero-order chi connectivity index (χ0) is 17.4. The SMILES string of the molecule is COCC(NCc1ccc(OCc2cccc(F)c2)cc1)C(N)=O. The summed E-state index contributed by atoms with van der Waals surface area (Å²) in [5.41, 5.74) is 7.04. The Bertz CT molecular complexity index is 662. The average molecular weight is 332 g/mol. The van der Waals surface area contributed by atoms with E-state index in [1.54, 1.807) is 12.1 Å². The fourth-order valence-electron chi connectivity index (χ4n) is 2.15. The zero-order valence-electron chi connectivity index (χ0n) is 13.5. The summed E-state index contributed by atoms with van der Waals surface area (Å²) < 4.78 is 23.7. The predicted octanol–water partition coefficient (Wildman–Crippen LogP) is 1.99. The van der Waals surface area contributed by atoms with E-state index in [0.29, 0.717) is 18.9 Å². The molecule has 1 unspecified atom stereocenters. The average Bonchev–Trinajstić information content (AvgIpc) is 2.57. The van der Waals surface area contributed by atoms with Crippen molar-refractivity contribution in [2.24, 2.45) is 5.73 Å². The molecule has 5 nitrogen and oxygen atoms in total. The molecule has 24 heavy (non-hydrogen) atoms. The quantitative estimate of drug-likeness (QED) is 0.736. The maximum absolute atomic E-state index is 13.1. The van der Waals surface area contributed by atoms with Gasteiger partial charge in [-0.1, -0.05) is 24.3 Å². The minimum Gasteiger partial charge on any atom is -0.489 e. The van der Waals surface area contributed by atoms with Crippen LogP contribution in [0.15, 0.2) is 48.5 Å². The summed E-state index contributed by atoms with van der Waals surface area (Å²) in [7, 11) is 1.52. The van der Waals surface area contributed by atoms with E-state index in [9.17, 15) is 9.18 Å². The van der Waals surface area contributed by atoms with Gasteiger partial charge in [0, 0.05) is 13.7 Å². The number of rotatable bonds is 9. The van der Waals surface area contributed by atoms with Crippen molar-refractivity contribution in [1.82, 2.24) is 5.32 Å². The third kappa shape index (κ3) is 5.64. The van der Waals surface area contributed by atoms with Crippen LogP contribution in [0.3, 0.4) is 0 Å². The van der Waals surface area contributed by atoms with Gasteiger partial charge in [0.2, 0.25) is 5.91 Å². The topological polar surface area (TPSA) is 73.6 Å². The van der Waals surface area contributed by atoms with E-state index < -0.39 is 11.9 Å². The highest BCUT2D eigenvalue weighted by molar-refractivity contribution is 5.79. The van der Waals surface area contributed by atoms with Crippen molar-refractivity contribution >= 4 is 5.91 Å². The third-order valence-electron chi connectivity index (χ3n) is 3.45. The van der Waals surface area contributed by atoms with Gasteiger partial charge in [-0.05, 0) is 35.4 Å². The van der Waals surface area contributed by atoms with Crippen molar-refractivity contribution in [3.05, 3.63) is 65.5 Å². The van der Waals surface area contributed by atoms with Crippen molar-refractivity contribution < 1.29 is 18.7 Å². The second-order valence-corrected chi connectivity index (χ2v) is 5.35. The molecule has 2 aromatic rings. The van der Waals surface area contributed by atoms with E-state index in [0.717, 1.165) is 11.1 Å². The number of amides is 1. The predicted molar refractivity (Wildman–Crippen MR) is 88.9 cm³/mol. The Morgan fingerprint density at radius 2 is 1.96 bits per heavy atom. The maximum atomic E-state index is 13.1. The van der Waals surface area contributed by atoms with Crippen molar-refractivity contribution in [2.45, 2.75) is 19.2 Å². The number of carbonyl (C=O) groups excluding carboxylic acids is 1. The molecule has 0 fully saturated rings. The van der Waals surface area contributed by atoms with Gasteiger partial charge in [-0.15, -0.1) is 0 Å². The molecule has 0 aliphatic heterocycles. The Morgan fingerprint density at radius 1 is 1.21 bits per heavy atom. The van der Waals surface area contributed by atoms with Gasteiger partial charge < -0.3 is 15.2 Å². The van der Waals surface area contributed by atoms with Crippen LogP contribution in [-0.4, -0.2) is 25.7 Å². The van der Waals surface area contributed by atoms with Crippen LogP contribution in [0.1, 0.15) is 11.1 Å². The normalized spacial score (nSPS) is 11.9.